The van der Waals surface area contributed by atoms with E-state index in [1.165, 1.54) is 26.4 Å². The smallest absolute Gasteiger partial charge is 0.289 e. The highest BCUT2D eigenvalue weighted by Gasteiger charge is 2.42. The maximum absolute atomic E-state index is 14.0. The number of carbonyl (C=O) groups is 2. The van der Waals surface area contributed by atoms with Gasteiger partial charge in [0.1, 0.15) is 18.5 Å². The molecule has 2 amide bonds. The van der Waals surface area contributed by atoms with Crippen LogP contribution in [0.3, 0.4) is 0 Å². The third-order valence-corrected chi connectivity index (χ3v) is 5.32. The lowest BCUT2D eigenvalue weighted by atomic mass is 9.89. The second-order valence-electron chi connectivity index (χ2n) is 7.18. The van der Waals surface area contributed by atoms with Gasteiger partial charge in [0.15, 0.2) is 12.0 Å². The molecule has 1 aliphatic carbocycles. The van der Waals surface area contributed by atoms with Crippen LogP contribution in [0.25, 0.3) is 6.08 Å². The van der Waals surface area contributed by atoms with Crippen LogP contribution in [0.4, 0.5) is 4.39 Å². The highest BCUT2D eigenvalue weighted by molar-refractivity contribution is 5.98. The zero-order chi connectivity index (χ0) is 20.8. The fourth-order valence-corrected chi connectivity index (χ4v) is 3.77. The number of hydrogen-bond acceptors (Lipinski definition) is 5. The number of nitrogens with zero attached hydrogens (tertiary/aromatic N) is 1. The molecule has 29 heavy (non-hydrogen) atoms. The molecular formula is C21H27FN2O5. The molecule has 1 heterocycles. The number of hydrogen-bond donors (Lipinski definition) is 1. The van der Waals surface area contributed by atoms with E-state index in [2.05, 4.69) is 5.32 Å². The molecule has 158 valence electrons. The number of nitrogens with one attached hydrogen (secondary N) is 1. The Morgan fingerprint density at radius 1 is 1.31 bits per heavy atom. The van der Waals surface area contributed by atoms with Crippen LogP contribution in [0.5, 0.6) is 0 Å². The Morgan fingerprint density at radius 3 is 2.76 bits per heavy atom. The van der Waals surface area contributed by atoms with E-state index in [1.54, 1.807) is 23.1 Å². The van der Waals surface area contributed by atoms with Gasteiger partial charge in [-0.15, -0.1) is 0 Å². The van der Waals surface area contributed by atoms with Gasteiger partial charge in [0.25, 0.3) is 5.91 Å². The molecule has 0 aromatic heterocycles. The summed E-state index contributed by atoms with van der Waals surface area (Å²) in [7, 11) is 2.97. The molecule has 1 aromatic carbocycles. The summed E-state index contributed by atoms with van der Waals surface area (Å²) in [6, 6.07) is 6.02. The number of rotatable bonds is 7. The minimum Gasteiger partial charge on any atom is -0.482 e. The van der Waals surface area contributed by atoms with E-state index in [-0.39, 0.29) is 42.5 Å². The molecule has 1 N–H and O–H groups in total. The first kappa shape index (κ1) is 21.3. The zero-order valence-corrected chi connectivity index (χ0v) is 16.7. The molecule has 2 aliphatic rings. The SMILES string of the molecule is COC(CNC(=O)CN1C(=O)/C(=C/c2ccccc2F)OC2CCCCC21)OC. The van der Waals surface area contributed by atoms with Crippen LogP contribution in [0, 0.1) is 5.82 Å². The Kier molecular flexibility index (Phi) is 7.22. The van der Waals surface area contributed by atoms with Crippen molar-refractivity contribution >= 4 is 17.9 Å². The molecule has 1 saturated carbocycles. The van der Waals surface area contributed by atoms with Crippen LogP contribution in [0.1, 0.15) is 31.2 Å². The molecule has 0 bridgehead atoms. The fraction of sp³-hybridized carbons (Fsp3) is 0.524. The van der Waals surface area contributed by atoms with Crippen molar-refractivity contribution in [1.82, 2.24) is 10.2 Å². The highest BCUT2D eigenvalue weighted by atomic mass is 19.1. The van der Waals surface area contributed by atoms with Gasteiger partial charge < -0.3 is 24.4 Å². The maximum Gasteiger partial charge on any atom is 0.289 e. The van der Waals surface area contributed by atoms with Crippen molar-refractivity contribution in [3.8, 4) is 0 Å². The first-order valence-electron chi connectivity index (χ1n) is 9.79. The average molecular weight is 406 g/mol. The second-order valence-corrected chi connectivity index (χ2v) is 7.18. The summed E-state index contributed by atoms with van der Waals surface area (Å²) in [4.78, 5) is 27.1. The predicted molar refractivity (Wildman–Crippen MR) is 104 cm³/mol. The first-order chi connectivity index (χ1) is 14.0. The van der Waals surface area contributed by atoms with E-state index in [9.17, 15) is 14.0 Å². The lowest BCUT2D eigenvalue weighted by Gasteiger charge is -2.44. The zero-order valence-electron chi connectivity index (χ0n) is 16.7. The van der Waals surface area contributed by atoms with Gasteiger partial charge in [-0.05, 0) is 31.4 Å². The Labute approximate surface area is 169 Å². The van der Waals surface area contributed by atoms with E-state index < -0.39 is 18.0 Å². The fourth-order valence-electron chi connectivity index (χ4n) is 3.77. The van der Waals surface area contributed by atoms with Crippen molar-refractivity contribution in [1.29, 1.82) is 0 Å². The Bertz CT molecular complexity index is 765. The van der Waals surface area contributed by atoms with Gasteiger partial charge in [0.05, 0.1) is 12.6 Å². The quantitative estimate of drug-likeness (QED) is 0.554. The number of morpholine rings is 1. The van der Waals surface area contributed by atoms with Gasteiger partial charge in [-0.25, -0.2) is 4.39 Å². The van der Waals surface area contributed by atoms with Gasteiger partial charge >= 0.3 is 0 Å². The van der Waals surface area contributed by atoms with E-state index in [1.807, 2.05) is 0 Å². The summed E-state index contributed by atoms with van der Waals surface area (Å²) in [5, 5.41) is 2.72. The minimum absolute atomic E-state index is 0.0673. The second kappa shape index (κ2) is 9.84. The molecule has 2 fully saturated rings. The lowest BCUT2D eigenvalue weighted by molar-refractivity contribution is -0.152. The monoisotopic (exact) mass is 406 g/mol. The topological polar surface area (TPSA) is 77.1 Å². The van der Waals surface area contributed by atoms with Crippen molar-refractivity contribution in [3.63, 3.8) is 0 Å². The number of halogens is 1. The van der Waals surface area contributed by atoms with E-state index in [0.717, 1.165) is 25.7 Å². The summed E-state index contributed by atoms with van der Waals surface area (Å²) in [6.45, 7) is 0.0779. The largest absolute Gasteiger partial charge is 0.482 e. The standard InChI is InChI=1S/C21H27FN2O5/c1-27-20(28-2)12-23-19(25)13-24-16-9-5-6-10-17(16)29-18(21(24)26)11-14-7-3-4-8-15(14)22/h3-4,7-8,11,16-17,20H,5-6,9-10,12-13H2,1-2H3,(H,23,25)/b18-11-. The van der Waals surface area contributed by atoms with Crippen molar-refractivity contribution in [2.75, 3.05) is 27.3 Å². The first-order valence-corrected chi connectivity index (χ1v) is 9.79. The number of carbonyl (C=O) groups excluding carboxylic acids is 2. The van der Waals surface area contributed by atoms with Gasteiger partial charge in [0, 0.05) is 19.8 Å². The molecule has 8 heteroatoms. The molecule has 7 nitrogen and oxygen atoms in total. The Morgan fingerprint density at radius 2 is 2.03 bits per heavy atom. The summed E-state index contributed by atoms with van der Waals surface area (Å²) in [5.41, 5.74) is 0.276. The van der Waals surface area contributed by atoms with E-state index >= 15 is 0 Å². The molecule has 1 aliphatic heterocycles. The summed E-state index contributed by atoms with van der Waals surface area (Å²) in [5.74, 6) is -1.08. The van der Waals surface area contributed by atoms with Crippen molar-refractivity contribution < 1.29 is 28.2 Å². The molecular weight excluding hydrogens is 379 g/mol. The number of fused-ring (bicyclic) bond motifs is 1. The maximum atomic E-state index is 14.0. The van der Waals surface area contributed by atoms with Crippen LogP contribution in [0.2, 0.25) is 0 Å². The summed E-state index contributed by atoms with van der Waals surface area (Å²) < 4.78 is 30.1. The molecule has 0 spiro atoms. The van der Waals surface area contributed by atoms with Gasteiger partial charge in [-0.3, -0.25) is 9.59 Å². The van der Waals surface area contributed by atoms with Gasteiger partial charge in [-0.2, -0.15) is 0 Å². The number of ether oxygens (including phenoxy) is 3. The number of methoxy groups -OCH3 is 2. The van der Waals surface area contributed by atoms with E-state index in [4.69, 9.17) is 14.2 Å². The minimum atomic E-state index is -0.557. The van der Waals surface area contributed by atoms with Crippen molar-refractivity contribution in [2.24, 2.45) is 0 Å². The van der Waals surface area contributed by atoms with Gasteiger partial charge in [0.2, 0.25) is 5.91 Å². The molecule has 1 aromatic rings. The third-order valence-electron chi connectivity index (χ3n) is 5.32. The van der Waals surface area contributed by atoms with Crippen LogP contribution >= 0.6 is 0 Å². The molecule has 0 radical (unpaired) electrons. The van der Waals surface area contributed by atoms with Gasteiger partial charge in [-0.1, -0.05) is 24.6 Å². The lowest BCUT2D eigenvalue weighted by Crippen LogP contribution is -2.57. The van der Waals surface area contributed by atoms with Crippen LogP contribution in [0.15, 0.2) is 30.0 Å². The van der Waals surface area contributed by atoms with Crippen LogP contribution in [-0.4, -0.2) is 62.5 Å². The van der Waals surface area contributed by atoms with E-state index in [0.29, 0.717) is 0 Å². The molecule has 1 saturated heterocycles. The number of amides is 2. The summed E-state index contributed by atoms with van der Waals surface area (Å²) in [6.07, 6.45) is 4.19. The highest BCUT2D eigenvalue weighted by Crippen LogP contribution is 2.33. The van der Waals surface area contributed by atoms with Crippen molar-refractivity contribution in [3.05, 3.63) is 41.4 Å². The predicted octanol–water partition coefficient (Wildman–Crippen LogP) is 2.07. The van der Waals surface area contributed by atoms with Crippen molar-refractivity contribution in [2.45, 2.75) is 44.1 Å². The molecule has 2 atom stereocenters. The molecule has 3 rings (SSSR count). The third kappa shape index (κ3) is 5.13. The van der Waals surface area contributed by atoms with Crippen LogP contribution in [-0.2, 0) is 23.8 Å². The molecule has 2 unspecified atom stereocenters. The normalized spacial score (nSPS) is 23.1. The number of benzene rings is 1. The average Bonchev–Trinajstić information content (AvgIpc) is 2.73. The Hall–Kier alpha value is -2.45. The Balaban J connectivity index is 1.77. The van der Waals surface area contributed by atoms with Crippen LogP contribution < -0.4 is 5.32 Å². The summed E-state index contributed by atoms with van der Waals surface area (Å²) >= 11 is 0.